The van der Waals surface area contributed by atoms with Crippen molar-refractivity contribution >= 4 is 34.4 Å². The van der Waals surface area contributed by atoms with Gasteiger partial charge in [-0.05, 0) is 30.7 Å². The van der Waals surface area contributed by atoms with Crippen molar-refractivity contribution in [3.63, 3.8) is 0 Å². The summed E-state index contributed by atoms with van der Waals surface area (Å²) >= 11 is 6.16. The zero-order chi connectivity index (χ0) is 17.3. The number of hydrogen-bond acceptors (Lipinski definition) is 4. The van der Waals surface area contributed by atoms with Crippen LogP contribution in [0.5, 0.6) is 0 Å². The number of nitrogens with zero attached hydrogens (tertiary/aromatic N) is 2. The van der Waals surface area contributed by atoms with E-state index in [0.717, 1.165) is 0 Å². The third kappa shape index (κ3) is 2.72. The second-order valence-corrected chi connectivity index (χ2v) is 6.40. The zero-order valence-electron chi connectivity index (χ0n) is 13.2. The second-order valence-electron chi connectivity index (χ2n) is 5.99. The van der Waals surface area contributed by atoms with Gasteiger partial charge in [-0.1, -0.05) is 11.6 Å². The Hall–Kier alpha value is -2.18. The summed E-state index contributed by atoms with van der Waals surface area (Å²) in [6.45, 7) is 0.559. The number of methoxy groups -OCH3 is 1. The lowest BCUT2D eigenvalue weighted by molar-refractivity contribution is -0.151. The lowest BCUT2D eigenvalue weighted by Crippen LogP contribution is -2.40. The van der Waals surface area contributed by atoms with Gasteiger partial charge in [-0.15, -0.1) is 0 Å². The first-order valence-electron chi connectivity index (χ1n) is 7.53. The first-order valence-corrected chi connectivity index (χ1v) is 7.91. The van der Waals surface area contributed by atoms with E-state index >= 15 is 0 Å². The summed E-state index contributed by atoms with van der Waals surface area (Å²) in [5, 5.41) is 10.7. The standard InChI is InChI=1S/C17H17ClN2O4/c1-24-10-17(16(22)23)6-8-20(9-17)15(21)12-4-5-13(18)11-3-2-7-19-14(11)12/h2-5,7H,6,8-10H2,1H3,(H,22,23). The highest BCUT2D eigenvalue weighted by Crippen LogP contribution is 2.33. The quantitative estimate of drug-likeness (QED) is 0.918. The molecule has 7 heteroatoms. The van der Waals surface area contributed by atoms with Crippen molar-refractivity contribution in [3.05, 3.63) is 41.0 Å². The molecule has 1 saturated heterocycles. The van der Waals surface area contributed by atoms with E-state index in [0.29, 0.717) is 34.5 Å². The van der Waals surface area contributed by atoms with Crippen LogP contribution in [0.3, 0.4) is 0 Å². The Kier molecular flexibility index (Phi) is 4.43. The molecule has 0 aliphatic carbocycles. The topological polar surface area (TPSA) is 79.7 Å². The maximum absolute atomic E-state index is 12.9. The molecule has 0 radical (unpaired) electrons. The molecule has 126 valence electrons. The van der Waals surface area contributed by atoms with Crippen molar-refractivity contribution < 1.29 is 19.4 Å². The molecule has 1 aliphatic heterocycles. The number of likely N-dealkylation sites (tertiary alicyclic amines) is 1. The molecule has 1 unspecified atom stereocenters. The van der Waals surface area contributed by atoms with Gasteiger partial charge in [0.25, 0.3) is 5.91 Å². The number of ether oxygens (including phenoxy) is 1. The first-order chi connectivity index (χ1) is 11.5. The molecule has 0 spiro atoms. The number of carboxylic acids is 1. The monoisotopic (exact) mass is 348 g/mol. The van der Waals surface area contributed by atoms with Gasteiger partial charge in [0, 0.05) is 31.8 Å². The number of aliphatic carboxylic acids is 1. The van der Waals surface area contributed by atoms with Crippen LogP contribution in [-0.4, -0.2) is 53.7 Å². The van der Waals surface area contributed by atoms with Gasteiger partial charge < -0.3 is 14.7 Å². The van der Waals surface area contributed by atoms with Crippen molar-refractivity contribution in [1.82, 2.24) is 9.88 Å². The van der Waals surface area contributed by atoms with Crippen LogP contribution in [-0.2, 0) is 9.53 Å². The van der Waals surface area contributed by atoms with Crippen molar-refractivity contribution in [2.24, 2.45) is 5.41 Å². The van der Waals surface area contributed by atoms with Crippen molar-refractivity contribution in [1.29, 1.82) is 0 Å². The minimum atomic E-state index is -1.06. The highest BCUT2D eigenvalue weighted by molar-refractivity contribution is 6.36. The molecule has 1 fully saturated rings. The maximum Gasteiger partial charge on any atom is 0.313 e. The van der Waals surface area contributed by atoms with Gasteiger partial charge in [0.1, 0.15) is 5.41 Å². The normalized spacial score (nSPS) is 20.5. The molecule has 24 heavy (non-hydrogen) atoms. The third-order valence-corrected chi connectivity index (χ3v) is 4.79. The molecule has 1 aliphatic rings. The minimum Gasteiger partial charge on any atom is -0.481 e. The lowest BCUT2D eigenvalue weighted by atomic mass is 9.88. The largest absolute Gasteiger partial charge is 0.481 e. The van der Waals surface area contributed by atoms with Crippen molar-refractivity contribution in [3.8, 4) is 0 Å². The fourth-order valence-corrected chi connectivity index (χ4v) is 3.37. The number of rotatable bonds is 4. The average molecular weight is 349 g/mol. The molecule has 2 aromatic rings. The minimum absolute atomic E-state index is 0.0751. The number of halogens is 1. The SMILES string of the molecule is COCC1(C(=O)O)CCN(C(=O)c2ccc(Cl)c3cccnc23)C1. The number of aromatic nitrogens is 1. The number of carbonyl (C=O) groups is 2. The number of fused-ring (bicyclic) bond motifs is 1. The van der Waals surface area contributed by atoms with Crippen LogP contribution >= 0.6 is 11.6 Å². The number of amides is 1. The van der Waals surface area contributed by atoms with E-state index in [1.54, 1.807) is 35.4 Å². The van der Waals surface area contributed by atoms with Crippen LogP contribution < -0.4 is 0 Å². The van der Waals surface area contributed by atoms with E-state index in [-0.39, 0.29) is 19.1 Å². The predicted molar refractivity (Wildman–Crippen MR) is 89.2 cm³/mol. The van der Waals surface area contributed by atoms with Gasteiger partial charge in [-0.2, -0.15) is 0 Å². The number of benzene rings is 1. The summed E-state index contributed by atoms with van der Waals surface area (Å²) in [5.74, 6) is -1.19. The van der Waals surface area contributed by atoms with Crippen LogP contribution in [0, 0.1) is 5.41 Å². The van der Waals surface area contributed by atoms with E-state index < -0.39 is 11.4 Å². The summed E-state index contributed by atoms with van der Waals surface area (Å²) in [5.41, 5.74) is -0.108. The molecular weight excluding hydrogens is 332 g/mol. The van der Waals surface area contributed by atoms with Crippen LogP contribution in [0.1, 0.15) is 16.8 Å². The molecule has 0 saturated carbocycles. The third-order valence-electron chi connectivity index (χ3n) is 4.46. The number of carboxylic acid groups (broad SMARTS) is 1. The number of pyridine rings is 1. The van der Waals surface area contributed by atoms with Crippen LogP contribution in [0.15, 0.2) is 30.5 Å². The Morgan fingerprint density at radius 2 is 2.21 bits per heavy atom. The van der Waals surface area contributed by atoms with Crippen molar-refractivity contribution in [2.45, 2.75) is 6.42 Å². The molecule has 2 heterocycles. The highest BCUT2D eigenvalue weighted by atomic mass is 35.5. The van der Waals surface area contributed by atoms with E-state index in [1.165, 1.54) is 7.11 Å². The van der Waals surface area contributed by atoms with Gasteiger partial charge in [0.05, 0.1) is 22.7 Å². The number of hydrogen-bond donors (Lipinski definition) is 1. The summed E-state index contributed by atoms with van der Waals surface area (Å²) in [6.07, 6.45) is 1.97. The molecule has 3 rings (SSSR count). The Morgan fingerprint density at radius 1 is 1.42 bits per heavy atom. The highest BCUT2D eigenvalue weighted by Gasteiger charge is 2.46. The molecule has 1 aromatic heterocycles. The second kappa shape index (κ2) is 6.37. The average Bonchev–Trinajstić information content (AvgIpc) is 3.01. The Balaban J connectivity index is 1.94. The van der Waals surface area contributed by atoms with E-state index in [9.17, 15) is 14.7 Å². The van der Waals surface area contributed by atoms with Crippen molar-refractivity contribution in [2.75, 3.05) is 26.8 Å². The van der Waals surface area contributed by atoms with E-state index in [4.69, 9.17) is 16.3 Å². The summed E-state index contributed by atoms with van der Waals surface area (Å²) in [4.78, 5) is 30.3. The molecule has 1 amide bonds. The van der Waals surface area contributed by atoms with Gasteiger partial charge >= 0.3 is 5.97 Å². The summed E-state index contributed by atoms with van der Waals surface area (Å²) in [6, 6.07) is 6.86. The molecule has 6 nitrogen and oxygen atoms in total. The first kappa shape index (κ1) is 16.7. The van der Waals surface area contributed by atoms with E-state index in [1.807, 2.05) is 0 Å². The smallest absolute Gasteiger partial charge is 0.313 e. The van der Waals surface area contributed by atoms with E-state index in [2.05, 4.69) is 4.98 Å². The molecule has 1 N–H and O–H groups in total. The summed E-state index contributed by atoms with van der Waals surface area (Å²) < 4.78 is 5.06. The Morgan fingerprint density at radius 3 is 2.92 bits per heavy atom. The molecular formula is C17H17ClN2O4. The molecule has 0 bridgehead atoms. The van der Waals surface area contributed by atoms with Crippen LogP contribution in [0.4, 0.5) is 0 Å². The fourth-order valence-electron chi connectivity index (χ4n) is 3.16. The zero-order valence-corrected chi connectivity index (χ0v) is 13.9. The fraction of sp³-hybridized carbons (Fsp3) is 0.353. The predicted octanol–water partition coefficient (Wildman–Crippen LogP) is 2.45. The van der Waals surface area contributed by atoms with Gasteiger partial charge in [-0.3, -0.25) is 14.6 Å². The summed E-state index contributed by atoms with van der Waals surface area (Å²) in [7, 11) is 1.46. The molecule has 1 atom stereocenters. The number of carbonyl (C=O) groups excluding carboxylic acids is 1. The van der Waals surface area contributed by atoms with Gasteiger partial charge in [-0.25, -0.2) is 0 Å². The van der Waals surface area contributed by atoms with Crippen LogP contribution in [0.25, 0.3) is 10.9 Å². The maximum atomic E-state index is 12.9. The Labute approximate surface area is 144 Å². The van der Waals surface area contributed by atoms with Gasteiger partial charge in [0.2, 0.25) is 0 Å². The molecule has 1 aromatic carbocycles. The van der Waals surface area contributed by atoms with Gasteiger partial charge in [0.15, 0.2) is 0 Å². The lowest BCUT2D eigenvalue weighted by Gasteiger charge is -2.24. The van der Waals surface area contributed by atoms with Crippen LogP contribution in [0.2, 0.25) is 5.02 Å². The Bertz CT molecular complexity index is 810.